The Morgan fingerprint density at radius 1 is 1.12 bits per heavy atom. The van der Waals surface area contributed by atoms with Gasteiger partial charge in [0.15, 0.2) is 22.0 Å². The fourth-order valence-corrected chi connectivity index (χ4v) is 5.25. The van der Waals surface area contributed by atoms with Crippen LogP contribution in [0.15, 0.2) is 47.6 Å². The molecule has 0 amide bonds. The van der Waals surface area contributed by atoms with E-state index in [0.29, 0.717) is 22.1 Å². The molecule has 0 radical (unpaired) electrons. The van der Waals surface area contributed by atoms with Crippen molar-refractivity contribution in [2.24, 2.45) is 0 Å². The lowest BCUT2D eigenvalue weighted by molar-refractivity contribution is -0.0548. The molecule has 0 spiro atoms. The molecule has 1 aliphatic rings. The van der Waals surface area contributed by atoms with Gasteiger partial charge in [-0.1, -0.05) is 66.4 Å². The van der Waals surface area contributed by atoms with E-state index in [9.17, 15) is 15.3 Å². The molecule has 0 saturated carbocycles. The summed E-state index contributed by atoms with van der Waals surface area (Å²) in [4.78, 5) is 11.7. The number of ether oxygens (including phenoxy) is 1. The van der Waals surface area contributed by atoms with Crippen LogP contribution in [-0.2, 0) is 10.5 Å². The summed E-state index contributed by atoms with van der Waals surface area (Å²) >= 11 is 6.78. The number of aromatic amines is 1. The van der Waals surface area contributed by atoms with Crippen molar-refractivity contribution in [3.63, 3.8) is 0 Å². The van der Waals surface area contributed by atoms with Crippen molar-refractivity contribution in [1.29, 1.82) is 0 Å². The highest BCUT2D eigenvalue weighted by molar-refractivity contribution is 7.98. The Morgan fingerprint density at radius 3 is 2.69 bits per heavy atom. The molecule has 5 rings (SSSR count). The van der Waals surface area contributed by atoms with Gasteiger partial charge in [-0.15, -0.1) is 0 Å². The standard InChI is InChI=1S/C21H21N5O4S2/c22-20-24-17-14(18(31)25-20)23-21(26(17)19-16(29)15(28)13(8-27)30-19)32-9-11-6-3-5-10-4-1-2-7-12(10)11/h1-7,13,15-16,19,27-29H,8-9H2,(H3,22,24,25,31)/t13-,15-,16-,19-/m1/s1. The number of nitrogens with one attached hydrogen (secondary N) is 1. The van der Waals surface area contributed by atoms with Gasteiger partial charge in [0, 0.05) is 5.75 Å². The topological polar surface area (TPSA) is 142 Å². The van der Waals surface area contributed by atoms with Gasteiger partial charge in [0.05, 0.1) is 6.61 Å². The Bertz CT molecular complexity index is 1350. The molecule has 4 atom stereocenters. The number of hydrogen-bond donors (Lipinski definition) is 5. The highest BCUT2D eigenvalue weighted by atomic mass is 32.2. The van der Waals surface area contributed by atoms with Crippen molar-refractivity contribution in [3.8, 4) is 0 Å². The number of thioether (sulfide) groups is 1. The van der Waals surface area contributed by atoms with Crippen LogP contribution in [-0.4, -0.2) is 59.8 Å². The van der Waals surface area contributed by atoms with Crippen molar-refractivity contribution in [3.05, 3.63) is 52.7 Å². The lowest BCUT2D eigenvalue weighted by Gasteiger charge is -2.19. The molecule has 9 nitrogen and oxygen atoms in total. The number of H-pyrrole nitrogens is 1. The number of rotatable bonds is 5. The molecule has 0 unspecified atom stereocenters. The van der Waals surface area contributed by atoms with Crippen LogP contribution >= 0.6 is 24.0 Å². The van der Waals surface area contributed by atoms with E-state index in [1.807, 2.05) is 18.2 Å². The Kier molecular flexibility index (Phi) is 5.61. The van der Waals surface area contributed by atoms with Gasteiger partial charge in [0.1, 0.15) is 29.5 Å². The first kappa shape index (κ1) is 21.3. The number of aliphatic hydroxyl groups excluding tert-OH is 3. The van der Waals surface area contributed by atoms with Crippen LogP contribution < -0.4 is 5.73 Å². The number of anilines is 1. The summed E-state index contributed by atoms with van der Waals surface area (Å²) in [5.41, 5.74) is 7.83. The maximum absolute atomic E-state index is 10.6. The Balaban J connectivity index is 1.59. The number of nitrogen functional groups attached to an aromatic ring is 1. The van der Waals surface area contributed by atoms with E-state index in [4.69, 9.17) is 22.7 Å². The zero-order valence-corrected chi connectivity index (χ0v) is 18.4. The van der Waals surface area contributed by atoms with Gasteiger partial charge >= 0.3 is 0 Å². The SMILES string of the molecule is Nc1nc(=S)c2nc(SCc3cccc4ccccc34)n([C@@H]3O[C@H](CO)[C@@H](O)[C@H]3O)c2[nH]1. The first-order valence-corrected chi connectivity index (χ1v) is 11.4. The van der Waals surface area contributed by atoms with E-state index in [2.05, 4.69) is 39.2 Å². The van der Waals surface area contributed by atoms with E-state index in [1.165, 1.54) is 11.8 Å². The van der Waals surface area contributed by atoms with Crippen LogP contribution in [0.2, 0.25) is 0 Å². The number of aromatic nitrogens is 4. The van der Waals surface area contributed by atoms with E-state index in [0.717, 1.165) is 16.3 Å². The molecular weight excluding hydrogens is 450 g/mol. The van der Waals surface area contributed by atoms with Gasteiger partial charge in [0.25, 0.3) is 0 Å². The summed E-state index contributed by atoms with van der Waals surface area (Å²) in [5, 5.41) is 33.2. The third-order valence-corrected chi connectivity index (χ3v) is 6.84. The van der Waals surface area contributed by atoms with Gasteiger partial charge < -0.3 is 30.8 Å². The molecule has 0 aliphatic carbocycles. The summed E-state index contributed by atoms with van der Waals surface area (Å²) in [5.74, 6) is 0.691. The molecule has 1 aliphatic heterocycles. The summed E-state index contributed by atoms with van der Waals surface area (Å²) in [6, 6.07) is 14.2. The van der Waals surface area contributed by atoms with Crippen molar-refractivity contribution >= 4 is 51.9 Å². The summed E-state index contributed by atoms with van der Waals surface area (Å²) in [7, 11) is 0. The molecule has 4 aromatic rings. The fraction of sp³-hybridized carbons (Fsp3) is 0.286. The maximum Gasteiger partial charge on any atom is 0.200 e. The van der Waals surface area contributed by atoms with Crippen LogP contribution in [0.1, 0.15) is 11.8 Å². The molecule has 166 valence electrons. The van der Waals surface area contributed by atoms with Gasteiger partial charge in [-0.2, -0.15) is 0 Å². The van der Waals surface area contributed by atoms with Gasteiger partial charge in [0.2, 0.25) is 0 Å². The number of imidazole rings is 1. The maximum atomic E-state index is 10.6. The quantitative estimate of drug-likeness (QED) is 0.218. The van der Waals surface area contributed by atoms with Crippen LogP contribution in [0.3, 0.4) is 0 Å². The second-order valence-electron chi connectivity index (χ2n) is 7.54. The predicted octanol–water partition coefficient (Wildman–Crippen LogP) is 2.13. The number of nitrogens with zero attached hydrogens (tertiary/aromatic N) is 3. The van der Waals surface area contributed by atoms with E-state index in [-0.39, 0.29) is 10.6 Å². The summed E-state index contributed by atoms with van der Waals surface area (Å²) in [6.45, 7) is -0.431. The Labute approximate surface area is 191 Å². The summed E-state index contributed by atoms with van der Waals surface area (Å²) in [6.07, 6.45) is -4.45. The lowest BCUT2D eigenvalue weighted by atomic mass is 10.1. The molecular formula is C21H21N5O4S2. The zero-order valence-electron chi connectivity index (χ0n) is 16.8. The predicted molar refractivity (Wildman–Crippen MR) is 124 cm³/mol. The minimum Gasteiger partial charge on any atom is -0.394 e. The van der Waals surface area contributed by atoms with Crippen molar-refractivity contribution < 1.29 is 20.1 Å². The summed E-state index contributed by atoms with van der Waals surface area (Å²) < 4.78 is 7.62. The average Bonchev–Trinajstić information content (AvgIpc) is 3.29. The molecule has 11 heteroatoms. The molecule has 0 bridgehead atoms. The lowest BCUT2D eigenvalue weighted by Crippen LogP contribution is -2.33. The number of benzene rings is 2. The molecule has 2 aromatic carbocycles. The van der Waals surface area contributed by atoms with Crippen molar-refractivity contribution in [2.75, 3.05) is 12.3 Å². The minimum absolute atomic E-state index is 0.0981. The van der Waals surface area contributed by atoms with E-state index >= 15 is 0 Å². The largest absolute Gasteiger partial charge is 0.394 e. The van der Waals surface area contributed by atoms with Gasteiger partial charge in [-0.25, -0.2) is 9.97 Å². The molecule has 1 fully saturated rings. The van der Waals surface area contributed by atoms with Crippen LogP contribution in [0.25, 0.3) is 21.9 Å². The van der Waals surface area contributed by atoms with E-state index < -0.39 is 31.1 Å². The third kappa shape index (κ3) is 3.56. The number of nitrogens with two attached hydrogens (primary N) is 1. The monoisotopic (exact) mass is 471 g/mol. The van der Waals surface area contributed by atoms with Crippen molar-refractivity contribution in [2.45, 2.75) is 35.4 Å². The molecule has 3 heterocycles. The zero-order chi connectivity index (χ0) is 22.4. The smallest absolute Gasteiger partial charge is 0.200 e. The molecule has 6 N–H and O–H groups in total. The molecule has 1 saturated heterocycles. The average molecular weight is 472 g/mol. The second-order valence-corrected chi connectivity index (χ2v) is 8.87. The van der Waals surface area contributed by atoms with Gasteiger partial charge in [-0.05, 0) is 16.3 Å². The molecule has 2 aromatic heterocycles. The number of aliphatic hydroxyl groups is 3. The van der Waals surface area contributed by atoms with Crippen LogP contribution in [0.4, 0.5) is 5.95 Å². The van der Waals surface area contributed by atoms with E-state index in [1.54, 1.807) is 4.57 Å². The minimum atomic E-state index is -1.28. The van der Waals surface area contributed by atoms with Crippen LogP contribution in [0.5, 0.6) is 0 Å². The number of fused-ring (bicyclic) bond motifs is 2. The normalized spacial score (nSPS) is 23.3. The van der Waals surface area contributed by atoms with Crippen LogP contribution in [0, 0.1) is 4.64 Å². The van der Waals surface area contributed by atoms with Crippen molar-refractivity contribution in [1.82, 2.24) is 19.5 Å². The first-order chi connectivity index (χ1) is 15.5. The third-order valence-electron chi connectivity index (χ3n) is 5.56. The fourth-order valence-electron chi connectivity index (χ4n) is 3.98. The highest BCUT2D eigenvalue weighted by Gasteiger charge is 2.45. The van der Waals surface area contributed by atoms with Gasteiger partial charge in [-0.3, -0.25) is 4.57 Å². The first-order valence-electron chi connectivity index (χ1n) is 9.97. The Morgan fingerprint density at radius 2 is 1.91 bits per heavy atom. The molecule has 32 heavy (non-hydrogen) atoms. The highest BCUT2D eigenvalue weighted by Crippen LogP contribution is 2.37. The number of hydrogen-bond acceptors (Lipinski definition) is 9. The Hall–Kier alpha value is -2.54. The second kappa shape index (κ2) is 8.43.